The highest BCUT2D eigenvalue weighted by atomic mass is 16.2. The van der Waals surface area contributed by atoms with E-state index in [2.05, 4.69) is 17.2 Å². The molecule has 92 valence electrons. The molecule has 1 saturated heterocycles. The molecule has 0 aromatic heterocycles. The van der Waals surface area contributed by atoms with E-state index in [4.69, 9.17) is 0 Å². The van der Waals surface area contributed by atoms with Crippen LogP contribution in [0.5, 0.6) is 0 Å². The average molecular weight is 245 g/mol. The van der Waals surface area contributed by atoms with E-state index in [1.165, 1.54) is 0 Å². The van der Waals surface area contributed by atoms with E-state index < -0.39 is 17.8 Å². The Hall–Kier alpha value is -2.63. The van der Waals surface area contributed by atoms with E-state index in [0.717, 1.165) is 4.90 Å². The molecule has 0 atom stereocenters. The fraction of sp³-hybridized carbons (Fsp3) is 0.0833. The molecular formula is C12H11N3O3. The average Bonchev–Trinajstić information content (AvgIpc) is 2.57. The number of amides is 4. The summed E-state index contributed by atoms with van der Waals surface area (Å²) >= 11 is 0. The standard InChI is InChI=1S/C12H11N3O3/c1-8-11(17)15(12(18)13-8)7-10(16)14-9-5-3-2-4-6-9/h2-6H,1,7H2,(H,13,18)(H,14,16). The molecule has 1 aliphatic heterocycles. The highest BCUT2D eigenvalue weighted by Gasteiger charge is 2.33. The minimum Gasteiger partial charge on any atom is -0.325 e. The number of nitrogens with zero attached hydrogens (tertiary/aromatic N) is 1. The monoisotopic (exact) mass is 245 g/mol. The van der Waals surface area contributed by atoms with Crippen LogP contribution in [0.15, 0.2) is 42.6 Å². The maximum absolute atomic E-state index is 11.7. The smallest absolute Gasteiger partial charge is 0.325 e. The lowest BCUT2D eigenvalue weighted by molar-refractivity contribution is -0.127. The van der Waals surface area contributed by atoms with Crippen molar-refractivity contribution in [3.63, 3.8) is 0 Å². The topological polar surface area (TPSA) is 78.5 Å². The van der Waals surface area contributed by atoms with Crippen LogP contribution in [0.4, 0.5) is 10.5 Å². The Kier molecular flexibility index (Phi) is 3.09. The van der Waals surface area contributed by atoms with Gasteiger partial charge in [-0.2, -0.15) is 0 Å². The van der Waals surface area contributed by atoms with Crippen LogP contribution in [-0.2, 0) is 9.59 Å². The first kappa shape index (κ1) is 11.8. The molecular weight excluding hydrogens is 234 g/mol. The van der Waals surface area contributed by atoms with E-state index in [-0.39, 0.29) is 12.2 Å². The van der Waals surface area contributed by atoms with Gasteiger partial charge in [0.1, 0.15) is 12.2 Å². The summed E-state index contributed by atoms with van der Waals surface area (Å²) in [7, 11) is 0. The molecule has 4 amide bonds. The minimum absolute atomic E-state index is 0.0208. The van der Waals surface area contributed by atoms with Crippen LogP contribution in [-0.4, -0.2) is 29.3 Å². The summed E-state index contributed by atoms with van der Waals surface area (Å²) in [5, 5.41) is 4.83. The number of urea groups is 1. The summed E-state index contributed by atoms with van der Waals surface area (Å²) in [6.07, 6.45) is 0. The van der Waals surface area contributed by atoms with Crippen LogP contribution in [0, 0.1) is 0 Å². The van der Waals surface area contributed by atoms with Crippen molar-refractivity contribution >= 4 is 23.5 Å². The molecule has 1 aliphatic rings. The molecule has 6 nitrogen and oxygen atoms in total. The number of nitrogens with one attached hydrogen (secondary N) is 2. The van der Waals surface area contributed by atoms with E-state index in [1.807, 2.05) is 6.07 Å². The Balaban J connectivity index is 1.98. The lowest BCUT2D eigenvalue weighted by Crippen LogP contribution is -2.38. The van der Waals surface area contributed by atoms with Crippen molar-refractivity contribution in [1.29, 1.82) is 0 Å². The molecule has 18 heavy (non-hydrogen) atoms. The van der Waals surface area contributed by atoms with Crippen LogP contribution in [0.25, 0.3) is 0 Å². The fourth-order valence-corrected chi connectivity index (χ4v) is 1.51. The largest absolute Gasteiger partial charge is 0.329 e. The summed E-state index contributed by atoms with van der Waals surface area (Å²) in [6.45, 7) is 3.04. The Morgan fingerprint density at radius 1 is 1.28 bits per heavy atom. The van der Waals surface area contributed by atoms with E-state index in [9.17, 15) is 14.4 Å². The van der Waals surface area contributed by atoms with E-state index >= 15 is 0 Å². The normalized spacial score (nSPS) is 14.7. The first-order valence-corrected chi connectivity index (χ1v) is 5.24. The minimum atomic E-state index is -0.631. The van der Waals surface area contributed by atoms with Gasteiger partial charge in [0.05, 0.1) is 0 Å². The second kappa shape index (κ2) is 4.70. The predicted molar refractivity (Wildman–Crippen MR) is 64.5 cm³/mol. The number of carbonyl (C=O) groups is 3. The van der Waals surface area contributed by atoms with Crippen LogP contribution >= 0.6 is 0 Å². The molecule has 1 aromatic rings. The highest BCUT2D eigenvalue weighted by Crippen LogP contribution is 2.09. The first-order chi connectivity index (χ1) is 8.58. The second-order valence-corrected chi connectivity index (χ2v) is 3.71. The number of imide groups is 1. The second-order valence-electron chi connectivity index (χ2n) is 3.71. The van der Waals surface area contributed by atoms with Gasteiger partial charge in [-0.25, -0.2) is 9.69 Å². The predicted octanol–water partition coefficient (Wildman–Crippen LogP) is 0.691. The zero-order valence-corrected chi connectivity index (χ0v) is 9.47. The van der Waals surface area contributed by atoms with Crippen molar-refractivity contribution < 1.29 is 14.4 Å². The SMILES string of the molecule is C=C1NC(=O)N(CC(=O)Nc2ccccc2)C1=O. The van der Waals surface area contributed by atoms with Crippen LogP contribution < -0.4 is 10.6 Å². The molecule has 1 heterocycles. The Labute approximate surface area is 103 Å². The van der Waals surface area contributed by atoms with Gasteiger partial charge in [0.25, 0.3) is 5.91 Å². The Morgan fingerprint density at radius 2 is 1.94 bits per heavy atom. The van der Waals surface area contributed by atoms with Crippen LogP contribution in [0.3, 0.4) is 0 Å². The third-order valence-corrected chi connectivity index (χ3v) is 2.37. The van der Waals surface area contributed by atoms with Crippen molar-refractivity contribution in [3.8, 4) is 0 Å². The van der Waals surface area contributed by atoms with Gasteiger partial charge in [-0.15, -0.1) is 0 Å². The molecule has 2 rings (SSSR count). The van der Waals surface area contributed by atoms with Crippen molar-refractivity contribution in [3.05, 3.63) is 42.6 Å². The molecule has 0 spiro atoms. The van der Waals surface area contributed by atoms with Gasteiger partial charge in [0, 0.05) is 5.69 Å². The summed E-state index contributed by atoms with van der Waals surface area (Å²) in [5.74, 6) is -1.03. The van der Waals surface area contributed by atoms with Crippen LogP contribution in [0.1, 0.15) is 0 Å². The Morgan fingerprint density at radius 3 is 2.50 bits per heavy atom. The van der Waals surface area contributed by atoms with Crippen molar-refractivity contribution in [2.75, 3.05) is 11.9 Å². The zero-order chi connectivity index (χ0) is 13.1. The molecule has 2 N–H and O–H groups in total. The summed E-state index contributed by atoms with van der Waals surface area (Å²) < 4.78 is 0. The number of carbonyl (C=O) groups excluding carboxylic acids is 3. The molecule has 0 saturated carbocycles. The van der Waals surface area contributed by atoms with E-state index in [0.29, 0.717) is 5.69 Å². The molecule has 6 heteroatoms. The quantitative estimate of drug-likeness (QED) is 0.607. The third-order valence-electron chi connectivity index (χ3n) is 2.37. The molecule has 0 unspecified atom stereocenters. The van der Waals surface area contributed by atoms with Gasteiger partial charge < -0.3 is 10.6 Å². The van der Waals surface area contributed by atoms with Gasteiger partial charge in [-0.05, 0) is 12.1 Å². The number of hydrogen-bond donors (Lipinski definition) is 2. The van der Waals surface area contributed by atoms with Gasteiger partial charge in [0.15, 0.2) is 0 Å². The molecule has 1 aromatic carbocycles. The summed E-state index contributed by atoms with van der Waals surface area (Å²) in [5.41, 5.74) is 0.584. The van der Waals surface area contributed by atoms with Gasteiger partial charge in [0.2, 0.25) is 5.91 Å². The van der Waals surface area contributed by atoms with Gasteiger partial charge >= 0.3 is 6.03 Å². The maximum Gasteiger partial charge on any atom is 0.329 e. The number of anilines is 1. The summed E-state index contributed by atoms with van der Waals surface area (Å²) in [6, 6.07) is 8.15. The first-order valence-electron chi connectivity index (χ1n) is 5.24. The lowest BCUT2D eigenvalue weighted by Gasteiger charge is -2.11. The zero-order valence-electron chi connectivity index (χ0n) is 9.47. The van der Waals surface area contributed by atoms with Gasteiger partial charge in [-0.1, -0.05) is 24.8 Å². The molecule has 0 aliphatic carbocycles. The lowest BCUT2D eigenvalue weighted by atomic mass is 10.3. The number of hydrogen-bond acceptors (Lipinski definition) is 3. The summed E-state index contributed by atoms with van der Waals surface area (Å²) in [4.78, 5) is 35.3. The van der Waals surface area contributed by atoms with Crippen molar-refractivity contribution in [2.45, 2.75) is 0 Å². The highest BCUT2D eigenvalue weighted by molar-refractivity contribution is 6.13. The number of rotatable bonds is 3. The third kappa shape index (κ3) is 2.37. The van der Waals surface area contributed by atoms with E-state index in [1.54, 1.807) is 24.3 Å². The van der Waals surface area contributed by atoms with Gasteiger partial charge in [-0.3, -0.25) is 9.59 Å². The molecule has 0 bridgehead atoms. The van der Waals surface area contributed by atoms with Crippen LogP contribution in [0.2, 0.25) is 0 Å². The molecule has 1 fully saturated rings. The van der Waals surface area contributed by atoms with Crippen molar-refractivity contribution in [2.24, 2.45) is 0 Å². The maximum atomic E-state index is 11.7. The van der Waals surface area contributed by atoms with Crippen molar-refractivity contribution in [1.82, 2.24) is 10.2 Å². The molecule has 0 radical (unpaired) electrons. The Bertz CT molecular complexity index is 525. The number of benzene rings is 1. The fourth-order valence-electron chi connectivity index (χ4n) is 1.51. The number of para-hydroxylation sites is 1.